The van der Waals surface area contributed by atoms with Crippen LogP contribution < -0.4 is 15.4 Å². The minimum Gasteiger partial charge on any atom is -0.484 e. The van der Waals surface area contributed by atoms with Crippen molar-refractivity contribution >= 4 is 17.8 Å². The number of benzene rings is 1. The molecule has 0 aliphatic heterocycles. The SMILES string of the molecule is CCCC(C)(NC(=O)CNC(=O)COc1ccccc1)C(=O)O. The second kappa shape index (κ2) is 8.77. The number of nitrogens with one attached hydrogen (secondary N) is 2. The highest BCUT2D eigenvalue weighted by atomic mass is 16.5. The van der Waals surface area contributed by atoms with Crippen molar-refractivity contribution < 1.29 is 24.2 Å². The van der Waals surface area contributed by atoms with Gasteiger partial charge in [-0.2, -0.15) is 0 Å². The van der Waals surface area contributed by atoms with Crippen LogP contribution in [0.2, 0.25) is 0 Å². The van der Waals surface area contributed by atoms with Crippen LogP contribution in [0.25, 0.3) is 0 Å². The normalized spacial score (nSPS) is 12.8. The highest BCUT2D eigenvalue weighted by molar-refractivity contribution is 5.90. The van der Waals surface area contributed by atoms with Gasteiger partial charge in [0, 0.05) is 0 Å². The van der Waals surface area contributed by atoms with Gasteiger partial charge in [0.25, 0.3) is 5.91 Å². The zero-order chi connectivity index (χ0) is 17.3. The van der Waals surface area contributed by atoms with E-state index in [0.29, 0.717) is 18.6 Å². The van der Waals surface area contributed by atoms with E-state index in [0.717, 1.165) is 0 Å². The first-order valence-electron chi connectivity index (χ1n) is 7.36. The maximum absolute atomic E-state index is 11.8. The maximum atomic E-state index is 11.8. The summed E-state index contributed by atoms with van der Waals surface area (Å²) in [6.45, 7) is 2.75. The fourth-order valence-corrected chi connectivity index (χ4v) is 1.97. The van der Waals surface area contributed by atoms with Crippen molar-refractivity contribution in [1.29, 1.82) is 0 Å². The number of hydrogen-bond donors (Lipinski definition) is 3. The van der Waals surface area contributed by atoms with Gasteiger partial charge in [0.15, 0.2) is 6.61 Å². The third kappa shape index (κ3) is 6.37. The second-order valence-corrected chi connectivity index (χ2v) is 5.31. The number of amides is 2. The first-order valence-corrected chi connectivity index (χ1v) is 7.36. The van der Waals surface area contributed by atoms with E-state index < -0.39 is 23.3 Å². The average Bonchev–Trinajstić information content (AvgIpc) is 2.52. The highest BCUT2D eigenvalue weighted by Crippen LogP contribution is 2.12. The molecule has 1 atom stereocenters. The Hall–Kier alpha value is -2.57. The molecule has 0 bridgehead atoms. The fourth-order valence-electron chi connectivity index (χ4n) is 1.97. The van der Waals surface area contributed by atoms with Crippen molar-refractivity contribution in [2.75, 3.05) is 13.2 Å². The van der Waals surface area contributed by atoms with Crippen molar-refractivity contribution in [3.63, 3.8) is 0 Å². The number of carbonyl (C=O) groups is 3. The van der Waals surface area contributed by atoms with Crippen molar-refractivity contribution in [2.45, 2.75) is 32.2 Å². The molecule has 0 radical (unpaired) electrons. The monoisotopic (exact) mass is 322 g/mol. The van der Waals surface area contributed by atoms with Crippen LogP contribution >= 0.6 is 0 Å². The molecule has 126 valence electrons. The molecule has 0 aliphatic rings. The fraction of sp³-hybridized carbons (Fsp3) is 0.438. The first kappa shape index (κ1) is 18.5. The zero-order valence-electron chi connectivity index (χ0n) is 13.3. The number of para-hydroxylation sites is 1. The summed E-state index contributed by atoms with van der Waals surface area (Å²) in [4.78, 5) is 34.6. The van der Waals surface area contributed by atoms with E-state index in [9.17, 15) is 19.5 Å². The molecule has 7 heteroatoms. The molecular weight excluding hydrogens is 300 g/mol. The summed E-state index contributed by atoms with van der Waals surface area (Å²) in [6.07, 6.45) is 0.916. The Morgan fingerprint density at radius 3 is 2.39 bits per heavy atom. The van der Waals surface area contributed by atoms with Gasteiger partial charge in [0.05, 0.1) is 6.54 Å². The lowest BCUT2D eigenvalue weighted by molar-refractivity contribution is -0.147. The molecule has 0 heterocycles. The highest BCUT2D eigenvalue weighted by Gasteiger charge is 2.33. The standard InChI is InChI=1S/C16H22N2O5/c1-3-9-16(2,15(21)22)18-13(19)10-17-14(20)11-23-12-7-5-4-6-8-12/h4-8H,3,9-11H2,1-2H3,(H,17,20)(H,18,19)(H,21,22). The summed E-state index contributed by atoms with van der Waals surface area (Å²) in [7, 11) is 0. The van der Waals surface area contributed by atoms with Gasteiger partial charge < -0.3 is 20.5 Å². The molecule has 23 heavy (non-hydrogen) atoms. The van der Waals surface area contributed by atoms with Crippen LogP contribution in [0, 0.1) is 0 Å². The van der Waals surface area contributed by atoms with Crippen molar-refractivity contribution in [3.05, 3.63) is 30.3 Å². The predicted molar refractivity (Wildman–Crippen MR) is 84.0 cm³/mol. The van der Waals surface area contributed by atoms with Crippen molar-refractivity contribution in [2.24, 2.45) is 0 Å². The molecule has 7 nitrogen and oxygen atoms in total. The molecule has 0 saturated heterocycles. The number of aliphatic carboxylic acids is 1. The Morgan fingerprint density at radius 2 is 1.83 bits per heavy atom. The molecule has 0 spiro atoms. The van der Waals surface area contributed by atoms with Crippen molar-refractivity contribution in [1.82, 2.24) is 10.6 Å². The molecular formula is C16H22N2O5. The van der Waals surface area contributed by atoms with Gasteiger partial charge in [-0.05, 0) is 25.5 Å². The van der Waals surface area contributed by atoms with Crippen molar-refractivity contribution in [3.8, 4) is 5.75 Å². The maximum Gasteiger partial charge on any atom is 0.329 e. The minimum atomic E-state index is -1.34. The molecule has 2 amide bonds. The van der Waals surface area contributed by atoms with E-state index in [1.807, 2.05) is 13.0 Å². The van der Waals surface area contributed by atoms with E-state index in [4.69, 9.17) is 4.74 Å². The summed E-state index contributed by atoms with van der Waals surface area (Å²) in [6, 6.07) is 8.81. The van der Waals surface area contributed by atoms with Crippen LogP contribution in [0.1, 0.15) is 26.7 Å². The molecule has 1 aromatic rings. The van der Waals surface area contributed by atoms with Crippen LogP contribution in [0.5, 0.6) is 5.75 Å². The van der Waals surface area contributed by atoms with Gasteiger partial charge in [-0.15, -0.1) is 0 Å². The minimum absolute atomic E-state index is 0.220. The number of ether oxygens (including phenoxy) is 1. The Bertz CT molecular complexity index is 547. The first-order chi connectivity index (χ1) is 10.9. The van der Waals surface area contributed by atoms with Gasteiger partial charge in [0.2, 0.25) is 5.91 Å². The Kier molecular flexibility index (Phi) is 7.05. The van der Waals surface area contributed by atoms with Gasteiger partial charge in [-0.25, -0.2) is 4.79 Å². The van der Waals surface area contributed by atoms with Crippen LogP contribution in [0.4, 0.5) is 0 Å². The lowest BCUT2D eigenvalue weighted by Gasteiger charge is -2.25. The van der Waals surface area contributed by atoms with Crippen LogP contribution in [-0.4, -0.2) is 41.6 Å². The molecule has 1 aromatic carbocycles. The summed E-state index contributed by atoms with van der Waals surface area (Å²) < 4.78 is 5.24. The molecule has 0 aliphatic carbocycles. The molecule has 1 rings (SSSR count). The molecule has 1 unspecified atom stereocenters. The molecule has 0 saturated carbocycles. The summed E-state index contributed by atoms with van der Waals surface area (Å²) in [5, 5.41) is 14.0. The lowest BCUT2D eigenvalue weighted by atomic mass is 9.96. The van der Waals surface area contributed by atoms with E-state index in [1.54, 1.807) is 24.3 Å². The van der Waals surface area contributed by atoms with Crippen LogP contribution in [0.15, 0.2) is 30.3 Å². The topological polar surface area (TPSA) is 105 Å². The van der Waals surface area contributed by atoms with E-state index >= 15 is 0 Å². The number of hydrogen-bond acceptors (Lipinski definition) is 4. The number of carboxylic acids is 1. The largest absolute Gasteiger partial charge is 0.484 e. The van der Waals surface area contributed by atoms with Gasteiger partial charge >= 0.3 is 5.97 Å². The van der Waals surface area contributed by atoms with E-state index in [1.165, 1.54) is 6.92 Å². The van der Waals surface area contributed by atoms with E-state index in [2.05, 4.69) is 10.6 Å². The molecule has 3 N–H and O–H groups in total. The molecule has 0 aromatic heterocycles. The Labute approximate surface area is 135 Å². The summed E-state index contributed by atoms with van der Waals surface area (Å²) in [5.74, 6) is -1.58. The summed E-state index contributed by atoms with van der Waals surface area (Å²) >= 11 is 0. The average molecular weight is 322 g/mol. The summed E-state index contributed by atoms with van der Waals surface area (Å²) in [5.41, 5.74) is -1.34. The number of carboxylic acid groups (broad SMARTS) is 1. The van der Waals surface area contributed by atoms with Gasteiger partial charge in [0.1, 0.15) is 11.3 Å². The van der Waals surface area contributed by atoms with Crippen LogP contribution in [0.3, 0.4) is 0 Å². The van der Waals surface area contributed by atoms with Gasteiger partial charge in [-0.3, -0.25) is 9.59 Å². The smallest absolute Gasteiger partial charge is 0.329 e. The quantitative estimate of drug-likeness (QED) is 0.627. The third-order valence-corrected chi connectivity index (χ3v) is 3.20. The third-order valence-electron chi connectivity index (χ3n) is 3.20. The number of carbonyl (C=O) groups excluding carboxylic acids is 2. The number of rotatable bonds is 9. The molecule has 0 fully saturated rings. The lowest BCUT2D eigenvalue weighted by Crippen LogP contribution is -2.54. The Balaban J connectivity index is 2.37. The van der Waals surface area contributed by atoms with Gasteiger partial charge in [-0.1, -0.05) is 31.5 Å². The predicted octanol–water partition coefficient (Wildman–Crippen LogP) is 0.941. The van der Waals surface area contributed by atoms with Crippen LogP contribution in [-0.2, 0) is 14.4 Å². The zero-order valence-corrected chi connectivity index (χ0v) is 13.3. The second-order valence-electron chi connectivity index (χ2n) is 5.31. The Morgan fingerprint density at radius 1 is 1.17 bits per heavy atom. The van der Waals surface area contributed by atoms with E-state index in [-0.39, 0.29) is 13.2 Å².